The normalized spacial score (nSPS) is 16.6. The molecule has 0 aromatic heterocycles. The maximum Gasteiger partial charge on any atom is 0.295 e. The Morgan fingerprint density at radius 2 is 1.50 bits per heavy atom. The Morgan fingerprint density at radius 1 is 0.824 bits per heavy atom. The minimum absolute atomic E-state index is 0.105. The van der Waals surface area contributed by atoms with Crippen LogP contribution in [0, 0.1) is 0 Å². The van der Waals surface area contributed by atoms with Gasteiger partial charge in [0.05, 0.1) is 16.5 Å². The molecule has 10 nitrogen and oxygen atoms in total. The Morgan fingerprint density at radius 3 is 2.15 bits per heavy atom. The number of rotatable bonds is 6. The van der Waals surface area contributed by atoms with Crippen molar-refractivity contribution in [2.24, 2.45) is 0 Å². The lowest BCUT2D eigenvalue weighted by Gasteiger charge is -2.17. The van der Waals surface area contributed by atoms with Gasteiger partial charge in [-0.05, 0) is 30.2 Å². The Bertz CT molecular complexity index is 1590. The smallest absolute Gasteiger partial charge is 0.295 e. The van der Waals surface area contributed by atoms with Gasteiger partial charge in [-0.1, -0.05) is 42.5 Å². The van der Waals surface area contributed by atoms with Gasteiger partial charge in [0.2, 0.25) is 0 Å². The van der Waals surface area contributed by atoms with Crippen molar-refractivity contribution in [3.05, 3.63) is 83.3 Å². The highest BCUT2D eigenvalue weighted by Gasteiger charge is 2.27. The molecule has 0 spiro atoms. The van der Waals surface area contributed by atoms with Gasteiger partial charge in [-0.15, -0.1) is 0 Å². The quantitative estimate of drug-likeness (QED) is 0.166. The summed E-state index contributed by atoms with van der Waals surface area (Å²) in [6.45, 7) is 1.70. The number of phenolic OH excluding ortho intramolecular Hbond substituents is 1. The molecule has 0 saturated heterocycles. The lowest BCUT2D eigenvalue weighted by atomic mass is 9.99. The molecule has 0 bridgehead atoms. The Hall–Kier alpha value is -3.58. The van der Waals surface area contributed by atoms with E-state index in [2.05, 4.69) is 10.9 Å². The van der Waals surface area contributed by atoms with E-state index in [0.717, 1.165) is 6.07 Å². The molecule has 0 aliphatic heterocycles. The van der Waals surface area contributed by atoms with E-state index < -0.39 is 36.8 Å². The van der Waals surface area contributed by atoms with E-state index in [1.165, 1.54) is 24.3 Å². The van der Waals surface area contributed by atoms with E-state index >= 15 is 0 Å². The van der Waals surface area contributed by atoms with Gasteiger partial charge >= 0.3 is 0 Å². The van der Waals surface area contributed by atoms with Gasteiger partial charge in [-0.3, -0.25) is 20.0 Å². The highest BCUT2D eigenvalue weighted by Crippen LogP contribution is 2.39. The number of aromatic hydroxyl groups is 1. The van der Waals surface area contributed by atoms with Gasteiger partial charge in [-0.25, -0.2) is 0 Å². The van der Waals surface area contributed by atoms with Crippen molar-refractivity contribution in [3.8, 4) is 5.75 Å². The van der Waals surface area contributed by atoms with Crippen molar-refractivity contribution in [1.29, 1.82) is 0 Å². The Kier molecular flexibility index (Phi) is 5.77. The van der Waals surface area contributed by atoms with Crippen molar-refractivity contribution in [2.45, 2.75) is 22.6 Å². The molecule has 1 unspecified atom stereocenters. The zero-order chi connectivity index (χ0) is 24.8. The van der Waals surface area contributed by atoms with Crippen LogP contribution in [-0.2, 0) is 20.2 Å². The summed E-state index contributed by atoms with van der Waals surface area (Å²) < 4.78 is 65.2. The topological polar surface area (TPSA) is 173 Å². The third kappa shape index (κ3) is 4.31. The van der Waals surface area contributed by atoms with Crippen molar-refractivity contribution < 1.29 is 36.2 Å². The maximum absolute atomic E-state index is 11.7. The van der Waals surface area contributed by atoms with E-state index in [1.54, 1.807) is 37.3 Å². The van der Waals surface area contributed by atoms with Crippen LogP contribution < -0.4 is 10.9 Å². The van der Waals surface area contributed by atoms with Crippen molar-refractivity contribution >= 4 is 36.7 Å². The fourth-order valence-electron chi connectivity index (χ4n) is 3.85. The second-order valence-corrected chi connectivity index (χ2v) is 10.5. The number of hydrogen-bond donors (Lipinski definition) is 6. The van der Waals surface area contributed by atoms with Gasteiger partial charge in [0.1, 0.15) is 22.1 Å². The molecular formula is C22H20N2O8S2. The molecule has 3 aromatic carbocycles. The summed E-state index contributed by atoms with van der Waals surface area (Å²) in [5, 5.41) is 21.7. The van der Waals surface area contributed by atoms with Crippen LogP contribution in [0.3, 0.4) is 0 Å². The van der Waals surface area contributed by atoms with E-state index in [-0.39, 0.29) is 27.4 Å². The van der Waals surface area contributed by atoms with Crippen LogP contribution in [-0.4, -0.2) is 36.2 Å². The fourth-order valence-corrected chi connectivity index (χ4v) is 5.10. The molecule has 0 amide bonds. The Labute approximate surface area is 195 Å². The Balaban J connectivity index is 1.69. The fraction of sp³-hybridized carbons (Fsp3) is 0.0909. The third-order valence-corrected chi connectivity index (χ3v) is 7.20. The number of aliphatic hydroxyl groups is 1. The summed E-state index contributed by atoms with van der Waals surface area (Å²) in [5.74, 6) is -1.30. The van der Waals surface area contributed by atoms with E-state index in [4.69, 9.17) is 0 Å². The largest absolute Gasteiger partial charge is 0.509 e. The number of phenols is 1. The first-order valence-electron chi connectivity index (χ1n) is 9.81. The number of fused-ring (bicyclic) bond motifs is 1. The van der Waals surface area contributed by atoms with Gasteiger partial charge in [0, 0.05) is 16.8 Å². The van der Waals surface area contributed by atoms with Crippen LogP contribution in [0.2, 0.25) is 0 Å². The molecule has 6 N–H and O–H groups in total. The van der Waals surface area contributed by atoms with Crippen LogP contribution in [0.25, 0.3) is 10.8 Å². The number of benzene rings is 3. The first kappa shape index (κ1) is 23.6. The number of aliphatic hydroxyl groups excluding tert-OH is 1. The molecule has 3 aromatic rings. The van der Waals surface area contributed by atoms with E-state index in [0.29, 0.717) is 16.5 Å². The van der Waals surface area contributed by atoms with Crippen LogP contribution in [0.1, 0.15) is 18.4 Å². The van der Waals surface area contributed by atoms with Crippen LogP contribution in [0.4, 0.5) is 5.69 Å². The minimum atomic E-state index is -4.60. The number of allylic oxidation sites excluding steroid dienone is 2. The molecule has 1 aliphatic rings. The predicted octanol–water partition coefficient (Wildman–Crippen LogP) is 3.47. The second kappa shape index (κ2) is 8.33. The van der Waals surface area contributed by atoms with E-state index in [9.17, 15) is 36.2 Å². The van der Waals surface area contributed by atoms with Crippen LogP contribution >= 0.6 is 0 Å². The molecule has 0 radical (unpaired) electrons. The average molecular weight is 505 g/mol. The van der Waals surface area contributed by atoms with Crippen molar-refractivity contribution in [1.82, 2.24) is 5.43 Å². The molecule has 4 rings (SSSR count). The monoisotopic (exact) mass is 504 g/mol. The summed E-state index contributed by atoms with van der Waals surface area (Å²) in [6, 6.07) is 12.7. The summed E-state index contributed by atoms with van der Waals surface area (Å²) in [5.41, 5.74) is 6.97. The number of anilines is 1. The lowest BCUT2D eigenvalue weighted by molar-refractivity contribution is 0.380. The zero-order valence-corrected chi connectivity index (χ0v) is 19.2. The maximum atomic E-state index is 11.7. The van der Waals surface area contributed by atoms with Crippen LogP contribution in [0.5, 0.6) is 5.75 Å². The molecule has 1 atom stereocenters. The van der Waals surface area contributed by atoms with Crippen molar-refractivity contribution in [2.75, 3.05) is 5.43 Å². The molecule has 0 saturated carbocycles. The summed E-state index contributed by atoms with van der Waals surface area (Å²) >= 11 is 0. The molecule has 12 heteroatoms. The minimum Gasteiger partial charge on any atom is -0.509 e. The molecule has 1 aliphatic carbocycles. The molecular weight excluding hydrogens is 484 g/mol. The van der Waals surface area contributed by atoms with Crippen LogP contribution in [0.15, 0.2) is 87.5 Å². The zero-order valence-electron chi connectivity index (χ0n) is 17.6. The number of hydrogen-bond acceptors (Lipinski definition) is 8. The molecule has 178 valence electrons. The highest BCUT2D eigenvalue weighted by molar-refractivity contribution is 7.86. The molecule has 0 heterocycles. The number of hydrazine groups is 1. The summed E-state index contributed by atoms with van der Waals surface area (Å²) in [4.78, 5) is -0.761. The first-order valence-corrected chi connectivity index (χ1v) is 12.7. The third-order valence-electron chi connectivity index (χ3n) is 5.45. The molecule has 34 heavy (non-hydrogen) atoms. The number of nitrogens with one attached hydrogen (secondary N) is 2. The van der Waals surface area contributed by atoms with Gasteiger partial charge in [0.15, 0.2) is 0 Å². The summed E-state index contributed by atoms with van der Waals surface area (Å²) in [6.07, 6.45) is 1.68. The predicted molar refractivity (Wildman–Crippen MR) is 125 cm³/mol. The highest BCUT2D eigenvalue weighted by atomic mass is 32.2. The standard InChI is InChI=1S/C22H20N2O8S2/c1-12-9-17(13-5-4-6-14(10-13)33(27,28)29)22(26)20(12)23-24-21-16-8-3-2-7-15(16)19(11-18(21)25)34(30,31)32/h2-11,17,23-26H,1H3,(H,27,28,29)(H,30,31,32). The first-order chi connectivity index (χ1) is 15.9. The van der Waals surface area contributed by atoms with E-state index in [1.807, 2.05) is 0 Å². The van der Waals surface area contributed by atoms with Gasteiger partial charge in [0.25, 0.3) is 20.2 Å². The average Bonchev–Trinajstić information content (AvgIpc) is 3.05. The van der Waals surface area contributed by atoms with Gasteiger partial charge < -0.3 is 10.2 Å². The summed E-state index contributed by atoms with van der Waals surface area (Å²) in [7, 11) is -9.02. The van der Waals surface area contributed by atoms with Crippen molar-refractivity contribution in [3.63, 3.8) is 0 Å². The molecule has 0 fully saturated rings. The second-order valence-electron chi connectivity index (χ2n) is 7.67. The SMILES string of the molecule is CC1=CC(c2cccc(S(=O)(=O)O)c2)C(O)=C1NNc1c(O)cc(S(=O)(=O)O)c2ccccc12. The lowest BCUT2D eigenvalue weighted by Crippen LogP contribution is -2.23. The van der Waals surface area contributed by atoms with Gasteiger partial charge in [-0.2, -0.15) is 16.8 Å².